The number of quaternary nitrogens is 1. The fourth-order valence-corrected chi connectivity index (χ4v) is 4.49. The molecule has 1 aliphatic rings. The third-order valence-electron chi connectivity index (χ3n) is 5.70. The fourth-order valence-electron chi connectivity index (χ4n) is 4.20. The van der Waals surface area contributed by atoms with Crippen molar-refractivity contribution >= 4 is 12.2 Å². The lowest BCUT2D eigenvalue weighted by molar-refractivity contribution is -0.950. The van der Waals surface area contributed by atoms with Crippen molar-refractivity contribution in [2.24, 2.45) is 0 Å². The zero-order valence-corrected chi connectivity index (χ0v) is 17.9. The lowest BCUT2D eigenvalue weighted by atomic mass is 9.88. The Morgan fingerprint density at radius 2 is 1.86 bits per heavy atom. The Morgan fingerprint density at radius 1 is 1.14 bits per heavy atom. The van der Waals surface area contributed by atoms with E-state index in [1.54, 1.807) is 14.2 Å². The van der Waals surface area contributed by atoms with Crippen molar-refractivity contribution in [1.29, 1.82) is 0 Å². The number of methoxy groups -OCH3 is 2. The van der Waals surface area contributed by atoms with E-state index in [0.29, 0.717) is 0 Å². The lowest BCUT2D eigenvalue weighted by Crippen LogP contribution is -3.12. The molecule has 0 radical (unpaired) electrons. The van der Waals surface area contributed by atoms with Gasteiger partial charge in [-0.05, 0) is 36.8 Å². The zero-order chi connectivity index (χ0) is 20.4. The van der Waals surface area contributed by atoms with Gasteiger partial charge in [0.1, 0.15) is 12.4 Å². The number of nitrogens with one attached hydrogen (secondary N) is 1. The van der Waals surface area contributed by atoms with Crippen LogP contribution in [0.15, 0.2) is 48.8 Å². The van der Waals surface area contributed by atoms with Crippen LogP contribution in [0.4, 0.5) is 0 Å². The predicted octanol–water partition coefficient (Wildman–Crippen LogP) is 2.64. The van der Waals surface area contributed by atoms with Crippen LogP contribution in [0.2, 0.25) is 0 Å². The molecule has 4 rings (SSSR count). The number of fused-ring (bicyclic) bond motifs is 1. The molecule has 0 fully saturated rings. The number of aromatic nitrogens is 3. The van der Waals surface area contributed by atoms with Gasteiger partial charge in [0, 0.05) is 24.1 Å². The molecule has 7 heteroatoms. The molecule has 0 spiro atoms. The summed E-state index contributed by atoms with van der Waals surface area (Å²) in [6.07, 6.45) is 2.79. The molecule has 0 aliphatic carbocycles. The molecule has 0 saturated heterocycles. The Bertz CT molecular complexity index is 1040. The molecule has 1 aliphatic heterocycles. The maximum atomic E-state index is 5.61. The van der Waals surface area contributed by atoms with Gasteiger partial charge in [-0.3, -0.25) is 0 Å². The van der Waals surface area contributed by atoms with Crippen LogP contribution in [0.1, 0.15) is 29.7 Å². The van der Waals surface area contributed by atoms with E-state index >= 15 is 0 Å². The summed E-state index contributed by atoms with van der Waals surface area (Å²) in [6.45, 7) is 4.62. The molecule has 0 saturated carbocycles. The highest BCUT2D eigenvalue weighted by Crippen LogP contribution is 2.36. The van der Waals surface area contributed by atoms with E-state index in [2.05, 4.69) is 54.5 Å². The minimum Gasteiger partial charge on any atom is -0.493 e. The summed E-state index contributed by atoms with van der Waals surface area (Å²) in [5.74, 6) is 1.55. The van der Waals surface area contributed by atoms with Gasteiger partial charge in [-0.2, -0.15) is 9.78 Å². The van der Waals surface area contributed by atoms with Crippen molar-refractivity contribution in [2.45, 2.75) is 32.6 Å². The quantitative estimate of drug-likeness (QED) is 0.634. The van der Waals surface area contributed by atoms with Crippen LogP contribution < -0.4 is 14.4 Å². The molecule has 3 aromatic rings. The van der Waals surface area contributed by atoms with Gasteiger partial charge in [0.05, 0.1) is 20.8 Å². The van der Waals surface area contributed by atoms with Gasteiger partial charge in [-0.1, -0.05) is 30.3 Å². The second kappa shape index (κ2) is 8.39. The average Bonchev–Trinajstić information content (AvgIpc) is 3.12. The van der Waals surface area contributed by atoms with Gasteiger partial charge in [0.15, 0.2) is 18.2 Å². The molecule has 1 aromatic heterocycles. The highest BCUT2D eigenvalue weighted by molar-refractivity contribution is 7.71. The Kier molecular flexibility index (Phi) is 5.69. The third-order valence-corrected chi connectivity index (χ3v) is 6.15. The number of benzene rings is 2. The van der Waals surface area contributed by atoms with Crippen LogP contribution in [0.25, 0.3) is 0 Å². The van der Waals surface area contributed by atoms with Crippen molar-refractivity contribution in [1.82, 2.24) is 14.3 Å². The molecule has 6 nitrogen and oxygen atoms in total. The maximum Gasteiger partial charge on any atom is 0.202 e. The standard InChI is InChI=1S/C22H26N4O2S/c1-4-24-14-23-26(22(24)29)15-25-11-10-17-12-19(27-2)20(28-3)13-18(17)21(25)16-8-6-5-7-9-16/h5-9,12-14,21H,4,10-11,15H2,1-3H3/p+1/t21-/m0/s1. The first kappa shape index (κ1) is 19.7. The summed E-state index contributed by atoms with van der Waals surface area (Å²) in [5, 5.41) is 4.54. The predicted molar refractivity (Wildman–Crippen MR) is 114 cm³/mol. The highest BCUT2D eigenvalue weighted by atomic mass is 32.1. The van der Waals surface area contributed by atoms with Crippen molar-refractivity contribution in [2.75, 3.05) is 20.8 Å². The highest BCUT2D eigenvalue weighted by Gasteiger charge is 2.34. The number of ether oxygens (including phenoxy) is 2. The van der Waals surface area contributed by atoms with E-state index in [-0.39, 0.29) is 6.04 Å². The number of hydrogen-bond donors (Lipinski definition) is 1. The summed E-state index contributed by atoms with van der Waals surface area (Å²) in [4.78, 5) is 1.41. The summed E-state index contributed by atoms with van der Waals surface area (Å²) in [7, 11) is 3.37. The molecule has 0 bridgehead atoms. The van der Waals surface area contributed by atoms with Gasteiger partial charge in [-0.15, -0.1) is 0 Å². The SMILES string of the molecule is CCn1cnn(C[NH+]2CCc3cc(OC)c(OC)cc3[C@@H]2c2ccccc2)c1=S. The van der Waals surface area contributed by atoms with E-state index < -0.39 is 0 Å². The molecule has 0 amide bonds. The minimum absolute atomic E-state index is 0.174. The van der Waals surface area contributed by atoms with Crippen molar-refractivity contribution in [3.63, 3.8) is 0 Å². The Hall–Kier alpha value is -2.64. The average molecular weight is 412 g/mol. The molecular weight excluding hydrogens is 384 g/mol. The van der Waals surface area contributed by atoms with E-state index in [4.69, 9.17) is 21.7 Å². The normalized spacial score (nSPS) is 18.3. The van der Waals surface area contributed by atoms with Gasteiger partial charge in [-0.25, -0.2) is 0 Å². The third kappa shape index (κ3) is 3.68. The lowest BCUT2D eigenvalue weighted by Gasteiger charge is -2.35. The van der Waals surface area contributed by atoms with E-state index in [9.17, 15) is 0 Å². The van der Waals surface area contributed by atoms with Crippen LogP contribution >= 0.6 is 12.2 Å². The molecule has 2 aromatic carbocycles. The summed E-state index contributed by atoms with van der Waals surface area (Å²) in [5.41, 5.74) is 3.86. The molecule has 2 atom stereocenters. The molecule has 29 heavy (non-hydrogen) atoms. The number of rotatable bonds is 6. The summed E-state index contributed by atoms with van der Waals surface area (Å²) < 4.78 is 15.8. The number of nitrogens with zero attached hydrogens (tertiary/aromatic N) is 3. The van der Waals surface area contributed by atoms with Gasteiger partial charge in [0.25, 0.3) is 0 Å². The summed E-state index contributed by atoms with van der Waals surface area (Å²) >= 11 is 5.61. The van der Waals surface area contributed by atoms with Crippen LogP contribution in [0.5, 0.6) is 11.5 Å². The van der Waals surface area contributed by atoms with Gasteiger partial charge in [0.2, 0.25) is 4.77 Å². The zero-order valence-electron chi connectivity index (χ0n) is 17.1. The minimum atomic E-state index is 0.174. The fraction of sp³-hybridized carbons (Fsp3) is 0.364. The van der Waals surface area contributed by atoms with Crippen LogP contribution in [-0.2, 0) is 19.6 Å². The van der Waals surface area contributed by atoms with Crippen LogP contribution in [-0.4, -0.2) is 35.1 Å². The van der Waals surface area contributed by atoms with Crippen molar-refractivity contribution < 1.29 is 14.4 Å². The Morgan fingerprint density at radius 3 is 2.52 bits per heavy atom. The maximum absolute atomic E-state index is 5.61. The Balaban J connectivity index is 1.78. The topological polar surface area (TPSA) is 45.7 Å². The van der Waals surface area contributed by atoms with Crippen LogP contribution in [0, 0.1) is 4.77 Å². The monoisotopic (exact) mass is 411 g/mol. The van der Waals surface area contributed by atoms with Gasteiger partial charge < -0.3 is 18.9 Å². The number of aryl methyl sites for hydroxylation is 1. The molecule has 1 N–H and O–H groups in total. The first-order valence-electron chi connectivity index (χ1n) is 9.92. The van der Waals surface area contributed by atoms with Gasteiger partial charge >= 0.3 is 0 Å². The van der Waals surface area contributed by atoms with E-state index in [0.717, 1.165) is 42.4 Å². The first-order chi connectivity index (χ1) is 14.2. The second-order valence-electron chi connectivity index (χ2n) is 7.27. The first-order valence-corrected chi connectivity index (χ1v) is 10.3. The van der Waals surface area contributed by atoms with Crippen molar-refractivity contribution in [3.05, 3.63) is 70.3 Å². The van der Waals surface area contributed by atoms with Crippen LogP contribution in [0.3, 0.4) is 0 Å². The second-order valence-corrected chi connectivity index (χ2v) is 7.63. The molecule has 152 valence electrons. The Labute approximate surface area is 176 Å². The van der Waals surface area contributed by atoms with Crippen molar-refractivity contribution in [3.8, 4) is 11.5 Å². The molecular formula is C22H27N4O2S+. The van der Waals surface area contributed by atoms with E-state index in [1.165, 1.54) is 21.6 Å². The smallest absolute Gasteiger partial charge is 0.202 e. The molecule has 1 unspecified atom stereocenters. The summed E-state index contributed by atoms with van der Waals surface area (Å²) in [6, 6.07) is 15.1. The number of hydrogen-bond acceptors (Lipinski definition) is 4. The largest absolute Gasteiger partial charge is 0.493 e. The van der Waals surface area contributed by atoms with E-state index in [1.807, 2.05) is 15.6 Å². The molecule has 2 heterocycles.